The summed E-state index contributed by atoms with van der Waals surface area (Å²) in [5.74, 6) is 0. The standard InChI is InChI=1S/C11H11N3O2S/c12-10-5-1-2-6-11(10)17(15,16)14-9-4-3-7-13-8-9/h1-8,14H,12H2. The lowest BCUT2D eigenvalue weighted by Crippen LogP contribution is -2.14. The third-order valence-corrected chi connectivity index (χ3v) is 3.58. The van der Waals surface area contributed by atoms with E-state index in [1.165, 1.54) is 18.3 Å². The number of anilines is 2. The van der Waals surface area contributed by atoms with Crippen molar-refractivity contribution >= 4 is 21.4 Å². The predicted octanol–water partition coefficient (Wildman–Crippen LogP) is 1.46. The van der Waals surface area contributed by atoms with Gasteiger partial charge >= 0.3 is 0 Å². The van der Waals surface area contributed by atoms with E-state index in [-0.39, 0.29) is 10.6 Å². The van der Waals surface area contributed by atoms with Crippen molar-refractivity contribution in [3.05, 3.63) is 48.8 Å². The smallest absolute Gasteiger partial charge is 0.263 e. The molecule has 0 saturated heterocycles. The Morgan fingerprint density at radius 3 is 2.53 bits per heavy atom. The molecule has 2 aromatic rings. The van der Waals surface area contributed by atoms with E-state index in [0.29, 0.717) is 5.69 Å². The normalized spacial score (nSPS) is 11.1. The van der Waals surface area contributed by atoms with E-state index in [0.717, 1.165) is 0 Å². The van der Waals surface area contributed by atoms with Crippen molar-refractivity contribution in [3.63, 3.8) is 0 Å². The summed E-state index contributed by atoms with van der Waals surface area (Å²) >= 11 is 0. The lowest BCUT2D eigenvalue weighted by molar-refractivity contribution is 0.601. The summed E-state index contributed by atoms with van der Waals surface area (Å²) in [5, 5.41) is 0. The van der Waals surface area contributed by atoms with Crippen LogP contribution in [0.3, 0.4) is 0 Å². The maximum atomic E-state index is 12.0. The molecule has 6 heteroatoms. The fourth-order valence-corrected chi connectivity index (χ4v) is 2.54. The summed E-state index contributed by atoms with van der Waals surface area (Å²) in [4.78, 5) is 3.89. The molecule has 0 bridgehead atoms. The van der Waals surface area contributed by atoms with Crippen LogP contribution in [-0.4, -0.2) is 13.4 Å². The number of sulfonamides is 1. The zero-order chi connectivity index (χ0) is 12.3. The van der Waals surface area contributed by atoms with Crippen LogP contribution in [0.25, 0.3) is 0 Å². The van der Waals surface area contributed by atoms with Crippen molar-refractivity contribution in [2.75, 3.05) is 10.5 Å². The number of nitrogens with zero attached hydrogens (tertiary/aromatic N) is 1. The third kappa shape index (κ3) is 2.54. The Morgan fingerprint density at radius 2 is 1.88 bits per heavy atom. The largest absolute Gasteiger partial charge is 0.398 e. The topological polar surface area (TPSA) is 85.1 Å². The second-order valence-electron chi connectivity index (χ2n) is 3.39. The van der Waals surface area contributed by atoms with Crippen LogP contribution in [0, 0.1) is 0 Å². The van der Waals surface area contributed by atoms with E-state index in [2.05, 4.69) is 9.71 Å². The molecule has 3 N–H and O–H groups in total. The van der Waals surface area contributed by atoms with Crippen LogP contribution < -0.4 is 10.5 Å². The molecule has 0 amide bonds. The Hall–Kier alpha value is -2.08. The summed E-state index contributed by atoms with van der Waals surface area (Å²) in [6.45, 7) is 0. The first kappa shape index (κ1) is 11.4. The van der Waals surface area contributed by atoms with Crippen molar-refractivity contribution < 1.29 is 8.42 Å². The molecule has 0 aliphatic heterocycles. The SMILES string of the molecule is Nc1ccccc1S(=O)(=O)Nc1cccnc1. The number of rotatable bonds is 3. The molecule has 0 aliphatic rings. The van der Waals surface area contributed by atoms with E-state index < -0.39 is 10.0 Å². The number of benzene rings is 1. The number of nitrogens with one attached hydrogen (secondary N) is 1. The molecule has 0 radical (unpaired) electrons. The van der Waals surface area contributed by atoms with Crippen molar-refractivity contribution in [3.8, 4) is 0 Å². The lowest BCUT2D eigenvalue weighted by Gasteiger charge is -2.09. The fourth-order valence-electron chi connectivity index (χ4n) is 1.36. The Kier molecular flexibility index (Phi) is 2.97. The molecule has 0 atom stereocenters. The first-order valence-corrected chi connectivity index (χ1v) is 6.35. The highest BCUT2D eigenvalue weighted by Gasteiger charge is 2.16. The Bertz CT molecular complexity index is 612. The zero-order valence-corrected chi connectivity index (χ0v) is 9.68. The van der Waals surface area contributed by atoms with Crippen LogP contribution in [0.5, 0.6) is 0 Å². The van der Waals surface area contributed by atoms with E-state index in [4.69, 9.17) is 5.73 Å². The van der Waals surface area contributed by atoms with Gasteiger partial charge in [0.15, 0.2) is 0 Å². The van der Waals surface area contributed by atoms with Crippen molar-refractivity contribution in [1.82, 2.24) is 4.98 Å². The van der Waals surface area contributed by atoms with E-state index >= 15 is 0 Å². The quantitative estimate of drug-likeness (QED) is 0.806. The van der Waals surface area contributed by atoms with E-state index in [9.17, 15) is 8.42 Å². The Labute approximate surface area is 99.4 Å². The number of nitrogens with two attached hydrogens (primary N) is 1. The highest BCUT2D eigenvalue weighted by Crippen LogP contribution is 2.20. The van der Waals surface area contributed by atoms with E-state index in [1.54, 1.807) is 30.5 Å². The zero-order valence-electron chi connectivity index (χ0n) is 8.87. The average Bonchev–Trinajstić information content (AvgIpc) is 2.30. The predicted molar refractivity (Wildman–Crippen MR) is 65.9 cm³/mol. The molecule has 88 valence electrons. The van der Waals surface area contributed by atoms with Crippen LogP contribution in [0.2, 0.25) is 0 Å². The lowest BCUT2D eigenvalue weighted by atomic mass is 10.3. The van der Waals surface area contributed by atoms with Gasteiger partial charge in [-0.05, 0) is 24.3 Å². The third-order valence-electron chi connectivity index (χ3n) is 2.12. The molecule has 2 rings (SSSR count). The summed E-state index contributed by atoms with van der Waals surface area (Å²) in [5.41, 5.74) is 6.24. The van der Waals surface area contributed by atoms with Crippen LogP contribution >= 0.6 is 0 Å². The summed E-state index contributed by atoms with van der Waals surface area (Å²) in [7, 11) is -3.66. The first-order chi connectivity index (χ1) is 8.09. The second-order valence-corrected chi connectivity index (χ2v) is 5.04. The molecule has 17 heavy (non-hydrogen) atoms. The van der Waals surface area contributed by atoms with Gasteiger partial charge in [-0.3, -0.25) is 9.71 Å². The van der Waals surface area contributed by atoms with Gasteiger partial charge < -0.3 is 5.73 Å². The molecule has 0 aliphatic carbocycles. The Balaban J connectivity index is 2.36. The van der Waals surface area contributed by atoms with Gasteiger partial charge in [0.1, 0.15) is 4.90 Å². The molecular formula is C11H11N3O2S. The summed E-state index contributed by atoms with van der Waals surface area (Å²) < 4.78 is 26.4. The molecule has 5 nitrogen and oxygen atoms in total. The monoisotopic (exact) mass is 249 g/mol. The van der Waals surface area contributed by atoms with Gasteiger partial charge in [0.05, 0.1) is 17.6 Å². The highest BCUT2D eigenvalue weighted by atomic mass is 32.2. The minimum absolute atomic E-state index is 0.0591. The number of hydrogen-bond donors (Lipinski definition) is 2. The summed E-state index contributed by atoms with van der Waals surface area (Å²) in [6, 6.07) is 9.55. The fraction of sp³-hybridized carbons (Fsp3) is 0. The molecule has 1 aromatic carbocycles. The van der Waals surface area contributed by atoms with Gasteiger partial charge in [0.2, 0.25) is 0 Å². The molecule has 0 unspecified atom stereocenters. The summed E-state index contributed by atoms with van der Waals surface area (Å²) in [6.07, 6.45) is 2.99. The maximum absolute atomic E-state index is 12.0. The van der Waals surface area contributed by atoms with Crippen molar-refractivity contribution in [2.45, 2.75) is 4.90 Å². The molecule has 0 saturated carbocycles. The van der Waals surface area contributed by atoms with Crippen LogP contribution in [-0.2, 0) is 10.0 Å². The van der Waals surface area contributed by atoms with Crippen molar-refractivity contribution in [2.24, 2.45) is 0 Å². The van der Waals surface area contributed by atoms with Crippen LogP contribution in [0.4, 0.5) is 11.4 Å². The number of pyridine rings is 1. The van der Waals surface area contributed by atoms with Gasteiger partial charge in [0.25, 0.3) is 10.0 Å². The molecular weight excluding hydrogens is 238 g/mol. The second kappa shape index (κ2) is 4.42. The minimum atomic E-state index is -3.66. The first-order valence-electron chi connectivity index (χ1n) is 4.87. The molecule has 0 spiro atoms. The minimum Gasteiger partial charge on any atom is -0.398 e. The average molecular weight is 249 g/mol. The van der Waals surface area contributed by atoms with Gasteiger partial charge in [-0.1, -0.05) is 12.1 Å². The molecule has 1 heterocycles. The number of hydrogen-bond acceptors (Lipinski definition) is 4. The van der Waals surface area contributed by atoms with Gasteiger partial charge in [-0.2, -0.15) is 0 Å². The number of para-hydroxylation sites is 1. The molecule has 1 aromatic heterocycles. The van der Waals surface area contributed by atoms with Crippen molar-refractivity contribution in [1.29, 1.82) is 0 Å². The van der Waals surface area contributed by atoms with Crippen LogP contribution in [0.1, 0.15) is 0 Å². The maximum Gasteiger partial charge on any atom is 0.263 e. The highest BCUT2D eigenvalue weighted by molar-refractivity contribution is 7.92. The van der Waals surface area contributed by atoms with Gasteiger partial charge in [-0.25, -0.2) is 8.42 Å². The molecule has 0 fully saturated rings. The number of aromatic nitrogens is 1. The van der Waals surface area contributed by atoms with Crippen LogP contribution in [0.15, 0.2) is 53.7 Å². The number of nitrogen functional groups attached to an aromatic ring is 1. The Morgan fingerprint density at radius 1 is 1.12 bits per heavy atom. The van der Waals surface area contributed by atoms with Gasteiger partial charge in [0, 0.05) is 6.20 Å². The van der Waals surface area contributed by atoms with E-state index in [1.807, 2.05) is 0 Å². The van der Waals surface area contributed by atoms with Gasteiger partial charge in [-0.15, -0.1) is 0 Å².